The SMILES string of the molecule is CCCCCCCCCCCCCC(=O)OCC(COP(=O)(O)OCCN=Cc1c(COP(=O)(O)O)cnc(C)c1O)OC(=O)CCCCCCCCCCCCC. The maximum absolute atomic E-state index is 12.7. The smallest absolute Gasteiger partial charge is 0.472 e. The van der Waals surface area contributed by atoms with Crippen molar-refractivity contribution in [2.24, 2.45) is 4.99 Å². The van der Waals surface area contributed by atoms with E-state index in [1.807, 2.05) is 0 Å². The van der Waals surface area contributed by atoms with Crippen LogP contribution in [0.5, 0.6) is 5.75 Å². The van der Waals surface area contributed by atoms with Crippen LogP contribution in [0.1, 0.15) is 185 Å². The molecule has 336 valence electrons. The van der Waals surface area contributed by atoms with E-state index in [1.54, 1.807) is 0 Å². The molecule has 0 aliphatic heterocycles. The lowest BCUT2D eigenvalue weighted by molar-refractivity contribution is -0.161. The van der Waals surface area contributed by atoms with Crippen LogP contribution in [-0.4, -0.2) is 75.4 Å². The molecule has 17 heteroatoms. The van der Waals surface area contributed by atoms with Gasteiger partial charge in [0.1, 0.15) is 12.4 Å². The van der Waals surface area contributed by atoms with Crippen LogP contribution < -0.4 is 0 Å². The summed E-state index contributed by atoms with van der Waals surface area (Å²) in [4.78, 5) is 61.6. The topological polar surface area (TPSA) is 221 Å². The van der Waals surface area contributed by atoms with Gasteiger partial charge in [-0.15, -0.1) is 0 Å². The first kappa shape index (κ1) is 53.8. The number of ether oxygens (including phenoxy) is 2. The second-order valence-electron chi connectivity index (χ2n) is 14.9. The van der Waals surface area contributed by atoms with Gasteiger partial charge in [0.25, 0.3) is 0 Å². The average Bonchev–Trinajstić information content (AvgIpc) is 3.17. The van der Waals surface area contributed by atoms with E-state index in [9.17, 15) is 28.7 Å². The molecule has 0 aromatic carbocycles. The van der Waals surface area contributed by atoms with Crippen molar-refractivity contribution >= 4 is 33.8 Å². The maximum atomic E-state index is 12.7. The minimum atomic E-state index is -4.79. The van der Waals surface area contributed by atoms with E-state index in [4.69, 9.17) is 28.3 Å². The molecular weight excluding hydrogens is 790 g/mol. The van der Waals surface area contributed by atoms with Crippen LogP contribution in [0.4, 0.5) is 0 Å². The molecule has 0 saturated carbocycles. The number of hydrogen-bond acceptors (Lipinski definition) is 12. The van der Waals surface area contributed by atoms with Gasteiger partial charge in [0.15, 0.2) is 6.10 Å². The summed E-state index contributed by atoms with van der Waals surface area (Å²) in [5.41, 5.74) is 0.482. The summed E-state index contributed by atoms with van der Waals surface area (Å²) in [7, 11) is -9.46. The van der Waals surface area contributed by atoms with E-state index in [2.05, 4.69) is 28.3 Å². The zero-order valence-corrected chi connectivity index (χ0v) is 37.3. The molecule has 0 radical (unpaired) electrons. The monoisotopic (exact) mass is 864 g/mol. The van der Waals surface area contributed by atoms with Crippen molar-refractivity contribution in [3.8, 4) is 5.75 Å². The Morgan fingerprint density at radius 1 is 0.707 bits per heavy atom. The molecule has 0 amide bonds. The largest absolute Gasteiger partial charge is 0.505 e. The van der Waals surface area contributed by atoms with Crippen molar-refractivity contribution in [3.05, 3.63) is 23.0 Å². The van der Waals surface area contributed by atoms with Gasteiger partial charge in [-0.05, 0) is 19.8 Å². The second-order valence-corrected chi connectivity index (χ2v) is 17.6. The third kappa shape index (κ3) is 29.9. The highest BCUT2D eigenvalue weighted by atomic mass is 31.2. The molecule has 1 heterocycles. The number of phosphoric ester groups is 2. The molecule has 0 spiro atoms. The second kappa shape index (κ2) is 33.5. The third-order valence-corrected chi connectivity index (χ3v) is 11.0. The van der Waals surface area contributed by atoms with E-state index in [-0.39, 0.29) is 55.2 Å². The average molecular weight is 865 g/mol. The number of pyridine rings is 1. The minimum Gasteiger partial charge on any atom is -0.505 e. The lowest BCUT2D eigenvalue weighted by Gasteiger charge is -2.20. The first-order valence-corrected chi connectivity index (χ1v) is 24.6. The fourth-order valence-corrected chi connectivity index (χ4v) is 7.18. The van der Waals surface area contributed by atoms with Crippen molar-refractivity contribution in [2.75, 3.05) is 26.4 Å². The van der Waals surface area contributed by atoms with Crippen LogP contribution in [0, 0.1) is 6.92 Å². The summed E-state index contributed by atoms with van der Waals surface area (Å²) in [6, 6.07) is 0. The number of phosphoric acid groups is 2. The van der Waals surface area contributed by atoms with Gasteiger partial charge in [0.05, 0.1) is 32.1 Å². The van der Waals surface area contributed by atoms with Crippen LogP contribution >= 0.6 is 15.6 Å². The van der Waals surface area contributed by atoms with Crippen LogP contribution in [0.15, 0.2) is 11.2 Å². The number of rotatable bonds is 38. The Morgan fingerprint density at radius 3 is 1.69 bits per heavy atom. The Balaban J connectivity index is 2.60. The summed E-state index contributed by atoms with van der Waals surface area (Å²) < 4.78 is 49.4. The number of unbranched alkanes of at least 4 members (excludes halogenated alkanes) is 20. The highest BCUT2D eigenvalue weighted by Crippen LogP contribution is 2.43. The molecule has 1 aromatic heterocycles. The summed E-state index contributed by atoms with van der Waals surface area (Å²) in [5.74, 6) is -1.25. The van der Waals surface area contributed by atoms with Gasteiger partial charge in [-0.25, -0.2) is 9.13 Å². The Kier molecular flexibility index (Phi) is 31.1. The number of nitrogens with zero attached hydrogens (tertiary/aromatic N) is 2. The van der Waals surface area contributed by atoms with Crippen molar-refractivity contribution in [1.82, 2.24) is 4.98 Å². The molecule has 1 aromatic rings. The van der Waals surface area contributed by atoms with E-state index < -0.39 is 46.9 Å². The van der Waals surface area contributed by atoms with E-state index in [0.29, 0.717) is 12.8 Å². The lowest BCUT2D eigenvalue weighted by atomic mass is 10.1. The minimum absolute atomic E-state index is 0.0975. The zero-order chi connectivity index (χ0) is 42.9. The zero-order valence-electron chi connectivity index (χ0n) is 35.5. The van der Waals surface area contributed by atoms with Gasteiger partial charge in [-0.3, -0.25) is 33.1 Å². The van der Waals surface area contributed by atoms with Crippen molar-refractivity contribution in [1.29, 1.82) is 0 Å². The highest BCUT2D eigenvalue weighted by Gasteiger charge is 2.26. The Bertz CT molecular complexity index is 1380. The van der Waals surface area contributed by atoms with Gasteiger partial charge in [0, 0.05) is 36.4 Å². The predicted molar refractivity (Wildman–Crippen MR) is 225 cm³/mol. The fraction of sp³-hybridized carbons (Fsp3) is 0.805. The number of carbonyl (C=O) groups excluding carboxylic acids is 2. The Morgan fingerprint density at radius 2 is 1.19 bits per heavy atom. The van der Waals surface area contributed by atoms with Gasteiger partial charge >= 0.3 is 27.6 Å². The number of esters is 2. The standard InChI is InChI=1S/C41H74N2O13P2/c1-4-6-8-10-12-14-16-18-20-22-24-26-39(44)52-33-37(56-40(45)27-25-23-21-19-17-15-13-11-9-7-5-2)34-55-58(50,51)53-29-28-42-31-38-36(32-54-57(47,48)49)30-43-35(3)41(38)46/h30-31,37,46H,4-29,32-34H2,1-3H3,(H,50,51)(H2,47,48,49). The maximum Gasteiger partial charge on any atom is 0.472 e. The molecule has 4 N–H and O–H groups in total. The lowest BCUT2D eigenvalue weighted by Crippen LogP contribution is -2.29. The number of aromatic hydroxyl groups is 1. The van der Waals surface area contributed by atoms with Gasteiger partial charge in [0.2, 0.25) is 0 Å². The molecule has 58 heavy (non-hydrogen) atoms. The van der Waals surface area contributed by atoms with Gasteiger partial charge in [-0.2, -0.15) is 0 Å². The Labute approximate surface area is 347 Å². The van der Waals surface area contributed by atoms with E-state index >= 15 is 0 Å². The van der Waals surface area contributed by atoms with E-state index in [1.165, 1.54) is 109 Å². The van der Waals surface area contributed by atoms with Crippen molar-refractivity contribution in [3.63, 3.8) is 0 Å². The van der Waals surface area contributed by atoms with E-state index in [0.717, 1.165) is 38.5 Å². The molecule has 2 unspecified atom stereocenters. The Hall–Kier alpha value is -2.22. The van der Waals surface area contributed by atoms with Crippen LogP contribution in [0.25, 0.3) is 0 Å². The first-order chi connectivity index (χ1) is 27.8. The summed E-state index contributed by atoms with van der Waals surface area (Å²) in [6.45, 7) is 3.95. The van der Waals surface area contributed by atoms with Gasteiger partial charge in [-0.1, -0.05) is 142 Å². The molecule has 0 aliphatic rings. The molecule has 15 nitrogen and oxygen atoms in total. The molecule has 2 atom stereocenters. The van der Waals surface area contributed by atoms with Gasteiger partial charge < -0.3 is 29.3 Å². The highest BCUT2D eigenvalue weighted by molar-refractivity contribution is 7.47. The molecule has 0 bridgehead atoms. The predicted octanol–water partition coefficient (Wildman–Crippen LogP) is 10.1. The van der Waals surface area contributed by atoms with Crippen LogP contribution in [-0.2, 0) is 48.4 Å². The quantitative estimate of drug-likeness (QED) is 0.0210. The van der Waals surface area contributed by atoms with Crippen molar-refractivity contribution < 1.29 is 61.6 Å². The van der Waals surface area contributed by atoms with Crippen LogP contribution in [0.2, 0.25) is 0 Å². The third-order valence-electron chi connectivity index (χ3n) is 9.56. The molecule has 0 saturated heterocycles. The molecule has 0 aliphatic carbocycles. The molecule has 1 rings (SSSR count). The molecule has 0 fully saturated rings. The van der Waals surface area contributed by atoms with Crippen molar-refractivity contribution in [2.45, 2.75) is 188 Å². The number of carbonyl (C=O) groups is 2. The molecular formula is C41H74N2O13P2. The fourth-order valence-electron chi connectivity index (χ4n) is 6.13. The normalized spacial score (nSPS) is 13.5. The number of hydrogen-bond donors (Lipinski definition) is 4. The summed E-state index contributed by atoms with van der Waals surface area (Å²) in [6.07, 6.45) is 26.8. The summed E-state index contributed by atoms with van der Waals surface area (Å²) >= 11 is 0. The van der Waals surface area contributed by atoms with Crippen LogP contribution in [0.3, 0.4) is 0 Å². The first-order valence-electron chi connectivity index (χ1n) is 21.6. The number of aliphatic imine (C=N–C) groups is 1. The number of aromatic nitrogens is 1. The summed E-state index contributed by atoms with van der Waals surface area (Å²) in [5, 5.41) is 10.4. The number of aryl methyl sites for hydroxylation is 1.